The van der Waals surface area contributed by atoms with Crippen LogP contribution in [-0.4, -0.2) is 31.9 Å². The van der Waals surface area contributed by atoms with Gasteiger partial charge in [-0.15, -0.1) is 0 Å². The second-order valence-corrected chi connectivity index (χ2v) is 7.38. The Labute approximate surface area is 122 Å². The van der Waals surface area contributed by atoms with E-state index in [1.807, 2.05) is 34.6 Å². The minimum Gasteiger partial charge on any atom is -0.447 e. The molecule has 0 amide bonds. The van der Waals surface area contributed by atoms with Gasteiger partial charge in [-0.2, -0.15) is 4.31 Å². The Balaban J connectivity index is 2.98. The third-order valence-corrected chi connectivity index (χ3v) is 4.79. The number of sulfonamides is 1. The fraction of sp³-hybridized carbons (Fsp3) is 0.714. The van der Waals surface area contributed by atoms with E-state index in [1.165, 1.54) is 10.4 Å². The molecule has 1 N–H and O–H groups in total. The van der Waals surface area contributed by atoms with Gasteiger partial charge in [-0.05, 0) is 38.4 Å². The van der Waals surface area contributed by atoms with Gasteiger partial charge in [0.1, 0.15) is 5.76 Å². The second kappa shape index (κ2) is 7.24. The summed E-state index contributed by atoms with van der Waals surface area (Å²) in [4.78, 5) is 0. The molecule has 1 rings (SSSR count). The molecule has 5 nitrogen and oxygen atoms in total. The first kappa shape index (κ1) is 17.2. The van der Waals surface area contributed by atoms with Crippen molar-refractivity contribution in [2.45, 2.75) is 52.3 Å². The van der Waals surface area contributed by atoms with Crippen LogP contribution in [0.25, 0.3) is 0 Å². The monoisotopic (exact) mass is 302 g/mol. The predicted octanol–water partition coefficient (Wildman–Crippen LogP) is 2.44. The van der Waals surface area contributed by atoms with E-state index in [0.717, 1.165) is 6.54 Å². The van der Waals surface area contributed by atoms with Crippen LogP contribution < -0.4 is 5.32 Å². The smallest absolute Gasteiger partial charge is 0.276 e. The molecule has 1 heterocycles. The lowest BCUT2D eigenvalue weighted by Gasteiger charge is -2.26. The van der Waals surface area contributed by atoms with Crippen LogP contribution in [0.1, 0.15) is 40.4 Å². The van der Waals surface area contributed by atoms with Crippen molar-refractivity contribution in [1.82, 2.24) is 9.62 Å². The average Bonchev–Trinajstić information content (AvgIpc) is 2.82. The summed E-state index contributed by atoms with van der Waals surface area (Å²) >= 11 is 0. The van der Waals surface area contributed by atoms with Gasteiger partial charge >= 0.3 is 0 Å². The largest absolute Gasteiger partial charge is 0.447 e. The van der Waals surface area contributed by atoms with Crippen LogP contribution in [0.4, 0.5) is 0 Å². The summed E-state index contributed by atoms with van der Waals surface area (Å²) in [5.41, 5.74) is 0. The zero-order valence-electron chi connectivity index (χ0n) is 13.0. The minimum atomic E-state index is -3.56. The first-order valence-corrected chi connectivity index (χ1v) is 8.54. The van der Waals surface area contributed by atoms with E-state index in [-0.39, 0.29) is 17.1 Å². The van der Waals surface area contributed by atoms with Crippen LogP contribution in [0.3, 0.4) is 0 Å². The van der Waals surface area contributed by atoms with Gasteiger partial charge in [0.25, 0.3) is 10.0 Å². The molecule has 0 radical (unpaired) electrons. The van der Waals surface area contributed by atoms with Gasteiger partial charge in [-0.1, -0.05) is 20.8 Å². The van der Waals surface area contributed by atoms with Gasteiger partial charge in [-0.25, -0.2) is 8.42 Å². The second-order valence-electron chi connectivity index (χ2n) is 5.56. The Bertz CT molecular complexity index is 506. The number of rotatable bonds is 8. The van der Waals surface area contributed by atoms with Crippen LogP contribution in [0.2, 0.25) is 0 Å². The van der Waals surface area contributed by atoms with Gasteiger partial charge in [-0.3, -0.25) is 0 Å². The van der Waals surface area contributed by atoms with Gasteiger partial charge in [0.05, 0.1) is 6.54 Å². The first-order chi connectivity index (χ1) is 9.28. The Hall–Kier alpha value is -0.850. The zero-order valence-corrected chi connectivity index (χ0v) is 13.8. The summed E-state index contributed by atoms with van der Waals surface area (Å²) in [7, 11) is -3.56. The molecule has 0 aliphatic carbocycles. The summed E-state index contributed by atoms with van der Waals surface area (Å²) in [5, 5.41) is 3.14. The highest BCUT2D eigenvalue weighted by atomic mass is 32.2. The lowest BCUT2D eigenvalue weighted by atomic mass is 10.2. The lowest BCUT2D eigenvalue weighted by molar-refractivity contribution is 0.303. The molecule has 6 heteroatoms. The fourth-order valence-electron chi connectivity index (χ4n) is 1.90. The van der Waals surface area contributed by atoms with E-state index >= 15 is 0 Å². The van der Waals surface area contributed by atoms with E-state index < -0.39 is 10.0 Å². The van der Waals surface area contributed by atoms with Crippen LogP contribution in [-0.2, 0) is 16.6 Å². The van der Waals surface area contributed by atoms with Crippen molar-refractivity contribution in [2.75, 3.05) is 13.1 Å². The van der Waals surface area contributed by atoms with Crippen molar-refractivity contribution in [3.05, 3.63) is 17.9 Å². The molecule has 0 bridgehead atoms. The van der Waals surface area contributed by atoms with Gasteiger partial charge in [0, 0.05) is 12.6 Å². The maximum Gasteiger partial charge on any atom is 0.276 e. The topological polar surface area (TPSA) is 62.6 Å². The first-order valence-electron chi connectivity index (χ1n) is 7.10. The van der Waals surface area contributed by atoms with Gasteiger partial charge < -0.3 is 9.73 Å². The number of hydrogen-bond acceptors (Lipinski definition) is 4. The van der Waals surface area contributed by atoms with Crippen molar-refractivity contribution in [3.8, 4) is 0 Å². The molecular formula is C14H26N2O3S. The van der Waals surface area contributed by atoms with Gasteiger partial charge in [0.2, 0.25) is 5.09 Å². The molecule has 0 spiro atoms. The molecule has 0 aromatic carbocycles. The van der Waals surface area contributed by atoms with Crippen LogP contribution in [0.15, 0.2) is 21.6 Å². The van der Waals surface area contributed by atoms with Crippen molar-refractivity contribution in [1.29, 1.82) is 0 Å². The minimum absolute atomic E-state index is 0.0275. The van der Waals surface area contributed by atoms with Crippen molar-refractivity contribution >= 4 is 10.0 Å². The normalized spacial score (nSPS) is 12.8. The Kier molecular flexibility index (Phi) is 6.23. The molecule has 116 valence electrons. The molecule has 0 saturated carbocycles. The number of furan rings is 1. The van der Waals surface area contributed by atoms with E-state index in [2.05, 4.69) is 5.32 Å². The summed E-state index contributed by atoms with van der Waals surface area (Å²) < 4.78 is 32.2. The molecule has 1 aromatic heterocycles. The van der Waals surface area contributed by atoms with Crippen LogP contribution in [0.5, 0.6) is 0 Å². The molecule has 0 fully saturated rings. The van der Waals surface area contributed by atoms with E-state index in [1.54, 1.807) is 6.07 Å². The van der Waals surface area contributed by atoms with Gasteiger partial charge in [0.15, 0.2) is 0 Å². The van der Waals surface area contributed by atoms with Crippen LogP contribution in [0, 0.1) is 5.92 Å². The highest BCUT2D eigenvalue weighted by molar-refractivity contribution is 7.89. The zero-order chi connectivity index (χ0) is 15.3. The van der Waals surface area contributed by atoms with E-state index in [4.69, 9.17) is 4.42 Å². The molecule has 1 aromatic rings. The van der Waals surface area contributed by atoms with Crippen molar-refractivity contribution in [3.63, 3.8) is 0 Å². The summed E-state index contributed by atoms with van der Waals surface area (Å²) in [6.07, 6.45) is 0. The highest BCUT2D eigenvalue weighted by Crippen LogP contribution is 2.22. The molecule has 0 aliphatic heterocycles. The molecule has 0 aliphatic rings. The SMILES string of the molecule is CCNCc1ccc(S(=O)(=O)N(CC(C)C)C(C)C)o1. The van der Waals surface area contributed by atoms with Crippen molar-refractivity contribution < 1.29 is 12.8 Å². The standard InChI is InChI=1S/C14H26N2O3S/c1-6-15-9-13-7-8-14(19-13)20(17,18)16(12(4)5)10-11(2)3/h7-8,11-12,15H,6,9-10H2,1-5H3. The van der Waals surface area contributed by atoms with Crippen molar-refractivity contribution in [2.24, 2.45) is 5.92 Å². The summed E-state index contributed by atoms with van der Waals surface area (Å²) in [5.74, 6) is 0.905. The fourth-order valence-corrected chi connectivity index (χ4v) is 3.63. The Morgan fingerprint density at radius 1 is 1.25 bits per heavy atom. The molecule has 0 unspecified atom stereocenters. The maximum atomic E-state index is 12.6. The Morgan fingerprint density at radius 3 is 2.40 bits per heavy atom. The highest BCUT2D eigenvalue weighted by Gasteiger charge is 2.30. The maximum absolute atomic E-state index is 12.6. The van der Waals surface area contributed by atoms with Crippen LogP contribution >= 0.6 is 0 Å². The number of hydrogen-bond donors (Lipinski definition) is 1. The third-order valence-electron chi connectivity index (χ3n) is 2.87. The quantitative estimate of drug-likeness (QED) is 0.801. The predicted molar refractivity (Wildman–Crippen MR) is 80.0 cm³/mol. The summed E-state index contributed by atoms with van der Waals surface area (Å²) in [6, 6.07) is 3.16. The number of nitrogens with zero attached hydrogens (tertiary/aromatic N) is 1. The van der Waals surface area contributed by atoms with E-state index in [9.17, 15) is 8.42 Å². The molecule has 0 saturated heterocycles. The summed E-state index contributed by atoms with van der Waals surface area (Å²) in [6.45, 7) is 11.6. The average molecular weight is 302 g/mol. The number of nitrogens with one attached hydrogen (secondary N) is 1. The van der Waals surface area contributed by atoms with E-state index in [0.29, 0.717) is 18.8 Å². The molecular weight excluding hydrogens is 276 g/mol. The third kappa shape index (κ3) is 4.33. The molecule has 0 atom stereocenters. The molecule has 20 heavy (non-hydrogen) atoms. The Morgan fingerprint density at radius 2 is 1.90 bits per heavy atom. The lowest BCUT2D eigenvalue weighted by Crippen LogP contribution is -2.39.